The van der Waals surface area contributed by atoms with Crippen LogP contribution in [0.2, 0.25) is 0 Å². The molecule has 4 N–H and O–H groups in total. The molecule has 0 aliphatic rings. The first-order valence-electron chi connectivity index (χ1n) is 0.858. The summed E-state index contributed by atoms with van der Waals surface area (Å²) in [5.74, 6) is 0. The van der Waals surface area contributed by atoms with Gasteiger partial charge in [0.2, 0.25) is 0 Å². The molecule has 0 aromatic rings. The molecule has 0 atom stereocenters. The average molecular weight is 114 g/mol. The lowest BCUT2D eigenvalue weighted by molar-refractivity contribution is 0.477. The molecule has 0 spiro atoms. The fourth-order valence-electron chi connectivity index (χ4n) is 0. The normalized spacial score (nSPS) is 12.0. The lowest BCUT2D eigenvalue weighted by Crippen LogP contribution is -1.90. The summed E-state index contributed by atoms with van der Waals surface area (Å²) in [7, 11) is -3.19. The molecule has 5 heteroatoms. The monoisotopic (exact) mass is 114 g/mol. The van der Waals surface area contributed by atoms with E-state index >= 15 is 0 Å². The van der Waals surface area contributed by atoms with Crippen molar-refractivity contribution in [2.24, 2.45) is 5.50 Å². The first kappa shape index (κ1) is 5.66. The molecule has 0 unspecified atom stereocenters. The Bertz CT molecular complexity index is 25.1. The maximum Gasteiger partial charge on any atom is 0.401 e. The third-order valence-corrected chi connectivity index (χ3v) is 0. The van der Waals surface area contributed by atoms with Gasteiger partial charge in [-0.1, -0.05) is 0 Å². The first-order chi connectivity index (χ1) is 2.00. The fourth-order valence-corrected chi connectivity index (χ4v) is 0. The van der Waals surface area contributed by atoms with Crippen LogP contribution in [0.5, 0.6) is 0 Å². The minimum atomic E-state index is -3.19. The smallest absolute Gasteiger partial charge is 0.193 e. The van der Waals surface area contributed by atoms with Gasteiger partial charge in [0.05, 0.1) is 12.2 Å². The zero-order valence-electron chi connectivity index (χ0n) is 2.37. The summed E-state index contributed by atoms with van der Waals surface area (Å²) in [6.45, 7) is 0. The van der Waals surface area contributed by atoms with Gasteiger partial charge in [0.1, 0.15) is 0 Å². The maximum atomic E-state index is 7.83. The van der Waals surface area contributed by atoms with Crippen molar-refractivity contribution >= 4 is 19.3 Å². The minimum Gasteiger partial charge on any atom is -0.193 e. The van der Waals surface area contributed by atoms with Gasteiger partial charge in [0.25, 0.3) is 0 Å². The lowest BCUT2D eigenvalue weighted by Gasteiger charge is -1.87. The molecule has 0 fully saturated rings. The second-order valence-electron chi connectivity index (χ2n) is 0.615. The van der Waals surface area contributed by atoms with Crippen LogP contribution in [0.15, 0.2) is 0 Å². The second-order valence-corrected chi connectivity index (χ2v) is 3.61. The Kier molecular flexibility index (Phi) is 1.59. The number of hydrogen-bond donors (Lipinski definition) is 4. The van der Waals surface area contributed by atoms with E-state index in [-0.39, 0.29) is 0 Å². The molecular formula is H5NO2PS+. The first-order valence-corrected chi connectivity index (χ1v) is 3.77. The van der Waals surface area contributed by atoms with E-state index in [2.05, 4.69) is 17.8 Å². The van der Waals surface area contributed by atoms with Gasteiger partial charge < -0.3 is 0 Å². The van der Waals surface area contributed by atoms with Crippen molar-refractivity contribution in [1.82, 2.24) is 0 Å². The van der Waals surface area contributed by atoms with Gasteiger partial charge in [0, 0.05) is 0 Å². The molecule has 0 saturated heterocycles. The van der Waals surface area contributed by atoms with Crippen molar-refractivity contribution in [3.05, 3.63) is 0 Å². The van der Waals surface area contributed by atoms with Crippen LogP contribution in [-0.2, 0) is 0 Å². The van der Waals surface area contributed by atoms with Crippen LogP contribution in [0, 0.1) is 0 Å². The van der Waals surface area contributed by atoms with Gasteiger partial charge in [-0.15, -0.1) is 5.50 Å². The molecule has 0 aliphatic carbocycles. The molecule has 0 amide bonds. The minimum absolute atomic E-state index is 3.12. The molecule has 0 aromatic carbocycles. The summed E-state index contributed by atoms with van der Waals surface area (Å²) in [6, 6.07) is 0. The highest BCUT2D eigenvalue weighted by Crippen LogP contribution is 2.44. The van der Waals surface area contributed by atoms with Crippen molar-refractivity contribution in [1.29, 1.82) is 0 Å². The van der Waals surface area contributed by atoms with Crippen LogP contribution in [0.25, 0.3) is 0 Å². The van der Waals surface area contributed by atoms with Crippen LogP contribution in [0.3, 0.4) is 0 Å². The molecule has 0 aliphatic heterocycles. The Morgan fingerprint density at radius 3 is 1.60 bits per heavy atom. The molecule has 0 aromatic heterocycles. The zero-order chi connectivity index (χ0) is 4.50. The SMILES string of the molecule is N[P+](O)(O)S. The Hall–Kier alpha value is 0.660. The summed E-state index contributed by atoms with van der Waals surface area (Å²) in [5.41, 5.74) is 4.44. The summed E-state index contributed by atoms with van der Waals surface area (Å²) in [5, 5.41) is 0. The lowest BCUT2D eigenvalue weighted by atomic mass is 13.9. The predicted molar refractivity (Wildman–Crippen MR) is 24.5 cm³/mol. The van der Waals surface area contributed by atoms with E-state index in [9.17, 15) is 0 Å². The molecule has 32 valence electrons. The van der Waals surface area contributed by atoms with Gasteiger partial charge in [-0.25, -0.2) is 0 Å². The Morgan fingerprint density at radius 1 is 1.60 bits per heavy atom. The molecule has 0 radical (unpaired) electrons. The van der Waals surface area contributed by atoms with Crippen molar-refractivity contribution in [3.8, 4) is 0 Å². The molecule has 0 heterocycles. The molecule has 0 bridgehead atoms. The van der Waals surface area contributed by atoms with Gasteiger partial charge in [-0.3, -0.25) is 0 Å². The van der Waals surface area contributed by atoms with Crippen LogP contribution < -0.4 is 5.50 Å². The zero-order valence-corrected chi connectivity index (χ0v) is 4.16. The van der Waals surface area contributed by atoms with E-state index in [0.29, 0.717) is 0 Å². The summed E-state index contributed by atoms with van der Waals surface area (Å²) in [4.78, 5) is 15.7. The largest absolute Gasteiger partial charge is 0.401 e. The second kappa shape index (κ2) is 1.41. The van der Waals surface area contributed by atoms with Crippen molar-refractivity contribution < 1.29 is 9.79 Å². The van der Waals surface area contributed by atoms with E-state index in [1.165, 1.54) is 0 Å². The van der Waals surface area contributed by atoms with E-state index in [1.807, 2.05) is 0 Å². The Balaban J connectivity index is 3.02. The fraction of sp³-hybridized carbons (Fsp3) is 0. The Morgan fingerprint density at radius 2 is 1.60 bits per heavy atom. The van der Waals surface area contributed by atoms with Crippen LogP contribution in [-0.4, -0.2) is 9.79 Å². The van der Waals surface area contributed by atoms with Gasteiger partial charge >= 0.3 is 7.07 Å². The van der Waals surface area contributed by atoms with E-state index in [0.717, 1.165) is 0 Å². The molecule has 3 nitrogen and oxygen atoms in total. The highest BCUT2D eigenvalue weighted by molar-refractivity contribution is 8.47. The van der Waals surface area contributed by atoms with Gasteiger partial charge in [0.15, 0.2) is 0 Å². The molecule has 5 heavy (non-hydrogen) atoms. The van der Waals surface area contributed by atoms with Crippen molar-refractivity contribution in [3.63, 3.8) is 0 Å². The number of thiol groups is 1. The standard InChI is InChI=1S/H5NO2PS/c1-4(2,3)5/h2-3,5H,1H2/q+1. The number of rotatable bonds is 0. The van der Waals surface area contributed by atoms with Crippen LogP contribution in [0.1, 0.15) is 0 Å². The van der Waals surface area contributed by atoms with Crippen LogP contribution in [0.4, 0.5) is 0 Å². The van der Waals surface area contributed by atoms with Crippen molar-refractivity contribution in [2.45, 2.75) is 0 Å². The summed E-state index contributed by atoms with van der Waals surface area (Å²) < 4.78 is 0. The van der Waals surface area contributed by atoms with E-state index in [1.54, 1.807) is 0 Å². The highest BCUT2D eigenvalue weighted by Gasteiger charge is 2.17. The molecule has 0 rings (SSSR count). The van der Waals surface area contributed by atoms with E-state index in [4.69, 9.17) is 9.79 Å². The molecule has 0 saturated carbocycles. The summed E-state index contributed by atoms with van der Waals surface area (Å²) >= 11 is 3.12. The number of hydrogen-bond acceptors (Lipinski definition) is 4. The van der Waals surface area contributed by atoms with Gasteiger partial charge in [-0.2, -0.15) is 9.79 Å². The topological polar surface area (TPSA) is 66.5 Å². The average Bonchev–Trinajstić information content (AvgIpc) is 0.722. The predicted octanol–water partition coefficient (Wildman–Crippen LogP) is -0.463. The quantitative estimate of drug-likeness (QED) is 0.254. The van der Waals surface area contributed by atoms with Gasteiger partial charge in [-0.05, 0) is 0 Å². The molecular weight excluding hydrogens is 109 g/mol. The number of nitrogens with two attached hydrogens (primary N) is 1. The Labute approximate surface area is 35.5 Å². The maximum absolute atomic E-state index is 7.83. The third-order valence-electron chi connectivity index (χ3n) is 0. The van der Waals surface area contributed by atoms with Crippen LogP contribution >= 0.6 is 19.3 Å². The van der Waals surface area contributed by atoms with E-state index < -0.39 is 7.07 Å². The highest BCUT2D eigenvalue weighted by atomic mass is 32.7. The summed E-state index contributed by atoms with van der Waals surface area (Å²) in [6.07, 6.45) is 0. The van der Waals surface area contributed by atoms with Crippen molar-refractivity contribution in [2.75, 3.05) is 0 Å². The third kappa shape index (κ3) is 75.7.